The number of hydrogen-bond donors (Lipinski definition) is 1. The van der Waals surface area contributed by atoms with Gasteiger partial charge in [-0.2, -0.15) is 0 Å². The van der Waals surface area contributed by atoms with E-state index in [-0.39, 0.29) is 19.1 Å². The number of carbonyl (C=O) groups excluding carboxylic acids is 2. The summed E-state index contributed by atoms with van der Waals surface area (Å²) in [6, 6.07) is 15.0. The molecule has 2 heterocycles. The first-order valence-electron chi connectivity index (χ1n) is 8.06. The van der Waals surface area contributed by atoms with Crippen LogP contribution in [0.5, 0.6) is 5.75 Å². The van der Waals surface area contributed by atoms with Crippen molar-refractivity contribution in [1.82, 2.24) is 0 Å². The summed E-state index contributed by atoms with van der Waals surface area (Å²) in [5, 5.41) is 0. The van der Waals surface area contributed by atoms with E-state index in [1.807, 2.05) is 62.4 Å². The highest BCUT2D eigenvalue weighted by Gasteiger charge is 2.56. The number of ether oxygens (including phenoxy) is 1. The molecule has 0 aromatic heterocycles. The van der Waals surface area contributed by atoms with Crippen molar-refractivity contribution >= 4 is 17.5 Å². The fraction of sp³-hybridized carbons (Fsp3) is 0.263. The second-order valence-electron chi connectivity index (χ2n) is 5.56. The lowest BCUT2D eigenvalue weighted by Gasteiger charge is -2.22. The number of fused-ring (bicyclic) bond motifs is 4. The van der Waals surface area contributed by atoms with Crippen LogP contribution in [0.1, 0.15) is 25.0 Å². The molecular weight excluding hydrogens is 304 g/mol. The van der Waals surface area contributed by atoms with Gasteiger partial charge in [0.2, 0.25) is 11.8 Å². The van der Waals surface area contributed by atoms with Crippen molar-refractivity contribution in [2.75, 3.05) is 18.1 Å². The van der Waals surface area contributed by atoms with Gasteiger partial charge < -0.3 is 15.4 Å². The molecule has 5 heteroatoms. The number of nitrogens with two attached hydrogens (primary N) is 1. The molecule has 0 saturated carbocycles. The number of carbonyl (C=O) groups is 2. The predicted octanol–water partition coefficient (Wildman–Crippen LogP) is 2.22. The first-order valence-corrected chi connectivity index (χ1v) is 8.06. The van der Waals surface area contributed by atoms with Gasteiger partial charge in [0.25, 0.3) is 0 Å². The van der Waals surface area contributed by atoms with Crippen LogP contribution in [0.4, 0.5) is 5.69 Å². The van der Waals surface area contributed by atoms with Gasteiger partial charge in [-0.3, -0.25) is 9.59 Å². The topological polar surface area (TPSA) is 72.6 Å². The first kappa shape index (κ1) is 16.1. The molecule has 2 N–H and O–H groups in total. The zero-order chi connectivity index (χ0) is 17.3. The van der Waals surface area contributed by atoms with Crippen LogP contribution in [-0.2, 0) is 15.0 Å². The van der Waals surface area contributed by atoms with Gasteiger partial charge in [-0.1, -0.05) is 50.2 Å². The molecule has 0 fully saturated rings. The summed E-state index contributed by atoms with van der Waals surface area (Å²) in [4.78, 5) is 25.9. The van der Waals surface area contributed by atoms with Crippen LogP contribution in [0.15, 0.2) is 48.5 Å². The zero-order valence-corrected chi connectivity index (χ0v) is 13.8. The lowest BCUT2D eigenvalue weighted by atomic mass is 9.77. The molecule has 4 rings (SSSR count). The van der Waals surface area contributed by atoms with Crippen molar-refractivity contribution in [3.8, 4) is 5.75 Å². The Labute approximate surface area is 141 Å². The van der Waals surface area contributed by atoms with Crippen molar-refractivity contribution in [3.05, 3.63) is 59.7 Å². The summed E-state index contributed by atoms with van der Waals surface area (Å²) in [6.07, 6.45) is 0. The van der Waals surface area contributed by atoms with E-state index in [1.165, 1.54) is 4.90 Å². The Hall–Kier alpha value is -2.82. The van der Waals surface area contributed by atoms with Crippen molar-refractivity contribution in [3.63, 3.8) is 0 Å². The van der Waals surface area contributed by atoms with Gasteiger partial charge in [0.1, 0.15) is 24.3 Å². The highest BCUT2D eigenvalue weighted by Crippen LogP contribution is 2.51. The summed E-state index contributed by atoms with van der Waals surface area (Å²) in [5.41, 5.74) is 6.88. The Morgan fingerprint density at radius 1 is 1.12 bits per heavy atom. The van der Waals surface area contributed by atoms with Gasteiger partial charge in [-0.25, -0.2) is 0 Å². The second-order valence-corrected chi connectivity index (χ2v) is 5.56. The van der Waals surface area contributed by atoms with E-state index in [4.69, 9.17) is 10.5 Å². The quantitative estimate of drug-likeness (QED) is 0.920. The van der Waals surface area contributed by atoms with E-state index in [1.54, 1.807) is 0 Å². The minimum atomic E-state index is -0.872. The van der Waals surface area contributed by atoms with Crippen LogP contribution in [0.3, 0.4) is 0 Å². The molecule has 124 valence electrons. The Kier molecular flexibility index (Phi) is 4.01. The molecular formula is C19H20N2O3. The van der Waals surface area contributed by atoms with E-state index in [0.717, 1.165) is 16.8 Å². The molecule has 2 aromatic rings. The molecule has 2 aromatic carbocycles. The summed E-state index contributed by atoms with van der Waals surface area (Å²) in [6.45, 7) is 4.12. The molecule has 5 nitrogen and oxygen atoms in total. The number of primary amides is 1. The summed E-state index contributed by atoms with van der Waals surface area (Å²) in [5.74, 6) is 0.0245. The molecule has 0 aliphatic carbocycles. The maximum absolute atomic E-state index is 13.1. The van der Waals surface area contributed by atoms with E-state index >= 15 is 0 Å². The van der Waals surface area contributed by atoms with Crippen molar-refractivity contribution in [1.29, 1.82) is 0 Å². The number of para-hydroxylation sites is 2. The largest absolute Gasteiger partial charge is 0.491 e. The Morgan fingerprint density at radius 2 is 1.75 bits per heavy atom. The average molecular weight is 324 g/mol. The molecule has 1 spiro atoms. The molecule has 2 amide bonds. The third-order valence-electron chi connectivity index (χ3n) is 4.37. The van der Waals surface area contributed by atoms with Gasteiger partial charge in [0.05, 0.1) is 0 Å². The number of nitrogens with zero attached hydrogens (tertiary/aromatic N) is 1. The van der Waals surface area contributed by atoms with Gasteiger partial charge in [-0.15, -0.1) is 0 Å². The normalized spacial score (nSPS) is 20.1. The Morgan fingerprint density at radius 3 is 2.46 bits per heavy atom. The maximum atomic E-state index is 13.1. The second kappa shape index (κ2) is 6.00. The smallest absolute Gasteiger partial charge is 0.246 e. The summed E-state index contributed by atoms with van der Waals surface area (Å²) < 4.78 is 5.75. The van der Waals surface area contributed by atoms with E-state index < -0.39 is 11.3 Å². The number of benzene rings is 2. The highest BCUT2D eigenvalue weighted by atomic mass is 16.5. The van der Waals surface area contributed by atoms with Crippen molar-refractivity contribution in [2.24, 2.45) is 5.73 Å². The van der Waals surface area contributed by atoms with Gasteiger partial charge in [-0.05, 0) is 17.7 Å². The summed E-state index contributed by atoms with van der Waals surface area (Å²) >= 11 is 0. The predicted molar refractivity (Wildman–Crippen MR) is 92.1 cm³/mol. The Balaban J connectivity index is 0.000000815. The lowest BCUT2D eigenvalue weighted by Crippen LogP contribution is -2.45. The molecule has 0 radical (unpaired) electrons. The standard InChI is InChI=1S/C17H14N2O3.C2H6/c18-15(20)9-19-13-7-3-1-5-11(13)17(16(19)21)10-22-14-8-4-2-6-12(14)17;1-2/h1-8H,9-10H2,(H2,18,20);1-2H3. The highest BCUT2D eigenvalue weighted by molar-refractivity contribution is 6.13. The van der Waals surface area contributed by atoms with Gasteiger partial charge in [0.15, 0.2) is 0 Å². The molecule has 0 bridgehead atoms. The molecule has 24 heavy (non-hydrogen) atoms. The monoisotopic (exact) mass is 324 g/mol. The molecule has 2 aliphatic rings. The van der Waals surface area contributed by atoms with E-state index in [0.29, 0.717) is 5.75 Å². The van der Waals surface area contributed by atoms with E-state index in [9.17, 15) is 9.59 Å². The number of anilines is 1. The minimum Gasteiger partial charge on any atom is -0.491 e. The average Bonchev–Trinajstić information content (AvgIpc) is 3.11. The van der Waals surface area contributed by atoms with Crippen LogP contribution in [0, 0.1) is 0 Å². The fourth-order valence-corrected chi connectivity index (χ4v) is 3.45. The molecule has 0 saturated heterocycles. The third kappa shape index (κ3) is 2.08. The summed E-state index contributed by atoms with van der Waals surface area (Å²) in [7, 11) is 0. The van der Waals surface area contributed by atoms with Crippen molar-refractivity contribution < 1.29 is 14.3 Å². The SMILES string of the molecule is CC.NC(=O)CN1C(=O)C2(COc3ccccc32)c2ccccc21. The van der Waals surface area contributed by atoms with Gasteiger partial charge >= 0.3 is 0 Å². The number of amides is 2. The van der Waals surface area contributed by atoms with Crippen molar-refractivity contribution in [2.45, 2.75) is 19.3 Å². The van der Waals surface area contributed by atoms with Crippen LogP contribution < -0.4 is 15.4 Å². The van der Waals surface area contributed by atoms with Crippen LogP contribution in [0.25, 0.3) is 0 Å². The van der Waals surface area contributed by atoms with Crippen LogP contribution >= 0.6 is 0 Å². The molecule has 1 unspecified atom stereocenters. The molecule has 2 aliphatic heterocycles. The van der Waals surface area contributed by atoms with Gasteiger partial charge in [0, 0.05) is 11.3 Å². The fourth-order valence-electron chi connectivity index (χ4n) is 3.45. The minimum absolute atomic E-state index is 0.125. The first-order chi connectivity index (χ1) is 11.6. The van der Waals surface area contributed by atoms with Crippen LogP contribution in [0.2, 0.25) is 0 Å². The third-order valence-corrected chi connectivity index (χ3v) is 4.37. The van der Waals surface area contributed by atoms with E-state index in [2.05, 4.69) is 0 Å². The number of rotatable bonds is 2. The lowest BCUT2D eigenvalue weighted by molar-refractivity contribution is -0.124. The Bertz CT molecular complexity index is 803. The molecule has 1 atom stereocenters. The van der Waals surface area contributed by atoms with Crippen LogP contribution in [-0.4, -0.2) is 25.0 Å². The number of hydrogen-bond acceptors (Lipinski definition) is 3. The zero-order valence-electron chi connectivity index (χ0n) is 13.8. The maximum Gasteiger partial charge on any atom is 0.246 e.